The second kappa shape index (κ2) is 13.8. The number of para-hydroxylation sites is 1. The Labute approximate surface area is 179 Å². The molecule has 0 spiro atoms. The zero-order valence-electron chi connectivity index (χ0n) is 19.5. The minimum Gasteiger partial charge on any atom is -0.487 e. The minimum absolute atomic E-state index is 0.0117. The summed E-state index contributed by atoms with van der Waals surface area (Å²) in [5.74, 6) is 0.918. The van der Waals surface area contributed by atoms with Gasteiger partial charge in [-0.1, -0.05) is 64.3 Å². The molecule has 0 aliphatic heterocycles. The number of hydrogen-bond donors (Lipinski definition) is 0. The van der Waals surface area contributed by atoms with Crippen molar-refractivity contribution in [2.24, 2.45) is 0 Å². The second-order valence-corrected chi connectivity index (χ2v) is 8.65. The number of ether oxygens (including phenoxy) is 3. The molecular weight excluding hydrogens is 360 g/mol. The van der Waals surface area contributed by atoms with Gasteiger partial charge in [0.25, 0.3) is 0 Å². The van der Waals surface area contributed by atoms with Crippen molar-refractivity contribution in [3.63, 3.8) is 0 Å². The van der Waals surface area contributed by atoms with Crippen LogP contribution in [0.5, 0.6) is 5.75 Å². The molecule has 0 saturated carbocycles. The van der Waals surface area contributed by atoms with Gasteiger partial charge >= 0.3 is 0 Å². The van der Waals surface area contributed by atoms with Gasteiger partial charge in [0, 0.05) is 6.42 Å². The Balaban J connectivity index is 2.97. The summed E-state index contributed by atoms with van der Waals surface area (Å²) in [6.45, 7) is 16.0. The van der Waals surface area contributed by atoms with Crippen molar-refractivity contribution in [1.29, 1.82) is 0 Å². The first-order valence-corrected chi connectivity index (χ1v) is 11.5. The van der Waals surface area contributed by atoms with Gasteiger partial charge in [-0.25, -0.2) is 0 Å². The van der Waals surface area contributed by atoms with E-state index in [-0.39, 0.29) is 17.3 Å². The molecule has 0 aromatic heterocycles. The third kappa shape index (κ3) is 10.3. The molecule has 0 amide bonds. The van der Waals surface area contributed by atoms with E-state index in [1.807, 2.05) is 30.3 Å². The highest BCUT2D eigenvalue weighted by atomic mass is 16.5. The van der Waals surface area contributed by atoms with Crippen LogP contribution in [0.15, 0.2) is 43.0 Å². The van der Waals surface area contributed by atoms with Crippen molar-refractivity contribution in [2.45, 2.75) is 103 Å². The van der Waals surface area contributed by atoms with Crippen LogP contribution in [0.4, 0.5) is 0 Å². The molecule has 1 aromatic rings. The number of unbranched alkanes of at least 4 members (excludes halogenated alkanes) is 2. The summed E-state index contributed by atoms with van der Waals surface area (Å²) in [5.41, 5.74) is -0.421. The largest absolute Gasteiger partial charge is 0.487 e. The zero-order chi connectivity index (χ0) is 21.6. The third-order valence-electron chi connectivity index (χ3n) is 5.62. The molecule has 1 aromatic carbocycles. The summed E-state index contributed by atoms with van der Waals surface area (Å²) in [4.78, 5) is 0. The second-order valence-electron chi connectivity index (χ2n) is 8.65. The van der Waals surface area contributed by atoms with Crippen LogP contribution in [-0.4, -0.2) is 30.5 Å². The maximum absolute atomic E-state index is 6.71. The molecular formula is C26H44O3. The van der Waals surface area contributed by atoms with Crippen LogP contribution in [0, 0.1) is 0 Å². The Bertz CT molecular complexity index is 544. The lowest BCUT2D eigenvalue weighted by molar-refractivity contribution is -0.135. The molecule has 3 atom stereocenters. The first-order chi connectivity index (χ1) is 13.9. The maximum Gasteiger partial charge on any atom is 0.120 e. The molecule has 0 N–H and O–H groups in total. The Kier molecular flexibility index (Phi) is 12.3. The highest BCUT2D eigenvalue weighted by Crippen LogP contribution is 2.32. The normalized spacial score (nSPS) is 16.6. The van der Waals surface area contributed by atoms with E-state index in [0.29, 0.717) is 13.2 Å². The molecule has 3 nitrogen and oxygen atoms in total. The molecule has 0 bridgehead atoms. The molecule has 3 heteroatoms. The van der Waals surface area contributed by atoms with Crippen molar-refractivity contribution in [2.75, 3.05) is 13.2 Å². The van der Waals surface area contributed by atoms with Gasteiger partial charge in [-0.15, -0.1) is 6.58 Å². The molecule has 1 rings (SSSR count). The molecule has 0 saturated heterocycles. The molecule has 0 aliphatic rings. The van der Waals surface area contributed by atoms with Gasteiger partial charge in [-0.3, -0.25) is 0 Å². The molecule has 3 unspecified atom stereocenters. The van der Waals surface area contributed by atoms with Crippen molar-refractivity contribution < 1.29 is 14.2 Å². The van der Waals surface area contributed by atoms with Crippen LogP contribution in [0.2, 0.25) is 0 Å². The van der Waals surface area contributed by atoms with Gasteiger partial charge in [-0.2, -0.15) is 0 Å². The predicted molar refractivity (Wildman–Crippen MR) is 124 cm³/mol. The monoisotopic (exact) mass is 404 g/mol. The Morgan fingerprint density at radius 3 is 2.14 bits per heavy atom. The van der Waals surface area contributed by atoms with E-state index in [2.05, 4.69) is 41.2 Å². The molecule has 0 heterocycles. The van der Waals surface area contributed by atoms with Crippen LogP contribution in [-0.2, 0) is 9.47 Å². The summed E-state index contributed by atoms with van der Waals surface area (Å²) >= 11 is 0. The third-order valence-corrected chi connectivity index (χ3v) is 5.62. The van der Waals surface area contributed by atoms with Crippen molar-refractivity contribution >= 4 is 0 Å². The summed E-state index contributed by atoms with van der Waals surface area (Å²) in [6.07, 6.45) is 10.3. The summed E-state index contributed by atoms with van der Waals surface area (Å²) in [6, 6.07) is 10.1. The molecule has 0 radical (unpaired) electrons. The number of rotatable bonds is 17. The van der Waals surface area contributed by atoms with Crippen LogP contribution < -0.4 is 4.74 Å². The summed E-state index contributed by atoms with van der Waals surface area (Å²) < 4.78 is 19.1. The van der Waals surface area contributed by atoms with Crippen LogP contribution in [0.1, 0.15) is 86.0 Å². The summed E-state index contributed by atoms with van der Waals surface area (Å²) in [5, 5.41) is 0. The van der Waals surface area contributed by atoms with E-state index >= 15 is 0 Å². The lowest BCUT2D eigenvalue weighted by Crippen LogP contribution is -2.43. The smallest absolute Gasteiger partial charge is 0.120 e. The number of benzene rings is 1. The number of hydrogen-bond acceptors (Lipinski definition) is 3. The topological polar surface area (TPSA) is 27.7 Å². The minimum atomic E-state index is -0.293. The van der Waals surface area contributed by atoms with E-state index < -0.39 is 0 Å². The van der Waals surface area contributed by atoms with E-state index in [1.54, 1.807) is 6.08 Å². The Morgan fingerprint density at radius 2 is 1.59 bits per heavy atom. The van der Waals surface area contributed by atoms with Crippen molar-refractivity contribution in [3.8, 4) is 5.75 Å². The lowest BCUT2D eigenvalue weighted by Gasteiger charge is -2.39. The fourth-order valence-corrected chi connectivity index (χ4v) is 3.69. The van der Waals surface area contributed by atoms with Gasteiger partial charge in [0.15, 0.2) is 0 Å². The van der Waals surface area contributed by atoms with E-state index in [1.165, 1.54) is 12.8 Å². The van der Waals surface area contributed by atoms with E-state index in [4.69, 9.17) is 14.2 Å². The van der Waals surface area contributed by atoms with Crippen LogP contribution in [0.3, 0.4) is 0 Å². The zero-order valence-corrected chi connectivity index (χ0v) is 19.5. The first kappa shape index (κ1) is 25.7. The standard InChI is InChI=1S/C26H44O3/c1-7-11-18-25(5,10-4)29-24(22-27-20-9-3)21-26(6,19-12-8-2)28-23-16-14-13-15-17-23/h9,13-17,24H,3,7-8,10-12,18-22H2,1-2,4-6H3. The van der Waals surface area contributed by atoms with Crippen LogP contribution >= 0.6 is 0 Å². The van der Waals surface area contributed by atoms with Gasteiger partial charge in [0.1, 0.15) is 11.4 Å². The van der Waals surface area contributed by atoms with E-state index in [9.17, 15) is 0 Å². The predicted octanol–water partition coefficient (Wildman–Crippen LogP) is 7.35. The fourth-order valence-electron chi connectivity index (χ4n) is 3.69. The van der Waals surface area contributed by atoms with Crippen LogP contribution in [0.25, 0.3) is 0 Å². The lowest BCUT2D eigenvalue weighted by atomic mass is 9.90. The average Bonchev–Trinajstić information content (AvgIpc) is 2.71. The Morgan fingerprint density at radius 1 is 0.966 bits per heavy atom. The Hall–Kier alpha value is -1.32. The molecule has 166 valence electrons. The highest BCUT2D eigenvalue weighted by molar-refractivity contribution is 5.22. The van der Waals surface area contributed by atoms with Gasteiger partial charge in [0.2, 0.25) is 0 Å². The fraction of sp³-hybridized carbons (Fsp3) is 0.692. The molecule has 29 heavy (non-hydrogen) atoms. The quantitative estimate of drug-likeness (QED) is 0.201. The summed E-state index contributed by atoms with van der Waals surface area (Å²) in [7, 11) is 0. The van der Waals surface area contributed by atoms with Gasteiger partial charge < -0.3 is 14.2 Å². The molecule has 0 fully saturated rings. The average molecular weight is 405 g/mol. The van der Waals surface area contributed by atoms with Crippen molar-refractivity contribution in [1.82, 2.24) is 0 Å². The maximum atomic E-state index is 6.71. The first-order valence-electron chi connectivity index (χ1n) is 11.5. The SMILES string of the molecule is C=CCOCC(CC(C)(CCCC)Oc1ccccc1)OC(C)(CC)CCCC. The molecule has 0 aliphatic carbocycles. The van der Waals surface area contributed by atoms with E-state index in [0.717, 1.165) is 44.3 Å². The van der Waals surface area contributed by atoms with Crippen molar-refractivity contribution in [3.05, 3.63) is 43.0 Å². The highest BCUT2D eigenvalue weighted by Gasteiger charge is 2.34. The van der Waals surface area contributed by atoms with Gasteiger partial charge in [-0.05, 0) is 51.7 Å². The van der Waals surface area contributed by atoms with Gasteiger partial charge in [0.05, 0.1) is 24.9 Å².